The van der Waals surface area contributed by atoms with Crippen LogP contribution in [0, 0.1) is 0 Å². The zero-order valence-corrected chi connectivity index (χ0v) is 14.7. The number of ether oxygens (including phenoxy) is 2. The van der Waals surface area contributed by atoms with Crippen molar-refractivity contribution in [3.05, 3.63) is 0 Å². The smallest absolute Gasteiger partial charge is 0.191 e. The highest BCUT2D eigenvalue weighted by molar-refractivity contribution is 8.77. The van der Waals surface area contributed by atoms with Crippen molar-refractivity contribution in [3.8, 4) is 0 Å². The van der Waals surface area contributed by atoms with Crippen LogP contribution in [0.15, 0.2) is 0 Å². The maximum absolute atomic E-state index is 11.0. The Kier molecular flexibility index (Phi) is 6.31. The minimum absolute atomic E-state index is 0.114. The van der Waals surface area contributed by atoms with Crippen LogP contribution in [0.3, 0.4) is 0 Å². The van der Waals surface area contributed by atoms with Crippen molar-refractivity contribution < 1.29 is 19.7 Å². The lowest BCUT2D eigenvalue weighted by atomic mass is 9.77. The van der Waals surface area contributed by atoms with Crippen molar-refractivity contribution in [3.63, 3.8) is 0 Å². The molecule has 0 saturated carbocycles. The Morgan fingerprint density at radius 1 is 1.24 bits per heavy atom. The van der Waals surface area contributed by atoms with Gasteiger partial charge in [-0.2, -0.15) is 0 Å². The Balaban J connectivity index is 2.09. The predicted molar refractivity (Wildman–Crippen MR) is 88.5 cm³/mol. The molecule has 2 fully saturated rings. The monoisotopic (exact) mass is 336 g/mol. The van der Waals surface area contributed by atoms with E-state index in [1.165, 1.54) is 0 Å². The van der Waals surface area contributed by atoms with E-state index in [4.69, 9.17) is 9.47 Å². The van der Waals surface area contributed by atoms with Gasteiger partial charge in [-0.05, 0) is 32.6 Å². The molecule has 0 aliphatic carbocycles. The summed E-state index contributed by atoms with van der Waals surface area (Å²) in [6.07, 6.45) is 5.35. The second-order valence-corrected chi connectivity index (χ2v) is 9.09. The predicted octanol–water partition coefficient (Wildman–Crippen LogP) is 2.97. The van der Waals surface area contributed by atoms with Gasteiger partial charge in [-0.1, -0.05) is 34.9 Å². The summed E-state index contributed by atoms with van der Waals surface area (Å²) < 4.78 is 11.1. The molecule has 0 radical (unpaired) electrons. The molecule has 2 unspecified atom stereocenters. The topological polar surface area (TPSA) is 58.9 Å². The molecule has 2 aliphatic heterocycles. The Labute approximate surface area is 135 Å². The minimum atomic E-state index is -0.849. The van der Waals surface area contributed by atoms with E-state index in [0.29, 0.717) is 19.6 Å². The van der Waals surface area contributed by atoms with Gasteiger partial charge in [0, 0.05) is 12.2 Å². The fourth-order valence-corrected chi connectivity index (χ4v) is 6.91. The molecule has 0 aromatic heterocycles. The quantitative estimate of drug-likeness (QED) is 0.697. The van der Waals surface area contributed by atoms with E-state index in [9.17, 15) is 10.2 Å². The SMILES string of the molecule is CCCC(C)(O)C1(CCC2(CO)OCCO2)CCCSS1. The summed E-state index contributed by atoms with van der Waals surface area (Å²) in [7, 11) is 3.68. The van der Waals surface area contributed by atoms with Crippen LogP contribution >= 0.6 is 21.6 Å². The molecule has 0 aromatic rings. The molecule has 2 atom stereocenters. The van der Waals surface area contributed by atoms with E-state index in [2.05, 4.69) is 6.92 Å². The molecule has 2 aliphatic rings. The molecule has 2 rings (SSSR count). The standard InChI is InChI=1S/C15H28O4S2/c1-3-5-13(2,17)14(6-4-11-20-21-14)7-8-15(12-16)18-9-10-19-15/h16-17H,3-12H2,1-2H3. The Morgan fingerprint density at radius 2 is 1.95 bits per heavy atom. The molecule has 21 heavy (non-hydrogen) atoms. The third kappa shape index (κ3) is 3.90. The summed E-state index contributed by atoms with van der Waals surface area (Å²) in [6, 6.07) is 0. The number of hydrogen-bond donors (Lipinski definition) is 2. The van der Waals surface area contributed by atoms with E-state index in [0.717, 1.165) is 37.9 Å². The average molecular weight is 337 g/mol. The normalized spacial score (nSPS) is 32.0. The van der Waals surface area contributed by atoms with Gasteiger partial charge in [0.25, 0.3) is 0 Å². The molecule has 0 aromatic carbocycles. The third-order valence-electron chi connectivity index (χ3n) is 4.71. The molecule has 4 nitrogen and oxygen atoms in total. The Morgan fingerprint density at radius 3 is 2.48 bits per heavy atom. The second kappa shape index (κ2) is 7.41. The highest BCUT2D eigenvalue weighted by Crippen LogP contribution is 2.55. The van der Waals surface area contributed by atoms with Gasteiger partial charge in [0.05, 0.1) is 30.2 Å². The average Bonchev–Trinajstić information content (AvgIpc) is 2.95. The van der Waals surface area contributed by atoms with Gasteiger partial charge < -0.3 is 19.7 Å². The van der Waals surface area contributed by atoms with Crippen LogP contribution < -0.4 is 0 Å². The Bertz CT molecular complexity index is 324. The van der Waals surface area contributed by atoms with Gasteiger partial charge in [0.1, 0.15) is 0 Å². The van der Waals surface area contributed by atoms with Crippen molar-refractivity contribution in [1.29, 1.82) is 0 Å². The second-order valence-electron chi connectivity index (χ2n) is 6.29. The van der Waals surface area contributed by atoms with Crippen LogP contribution in [0.25, 0.3) is 0 Å². The van der Waals surface area contributed by atoms with Crippen molar-refractivity contribution >= 4 is 21.6 Å². The maximum atomic E-state index is 11.0. The summed E-state index contributed by atoms with van der Waals surface area (Å²) in [4.78, 5) is 0. The van der Waals surface area contributed by atoms with Gasteiger partial charge >= 0.3 is 0 Å². The van der Waals surface area contributed by atoms with E-state index < -0.39 is 11.4 Å². The molecular weight excluding hydrogens is 308 g/mol. The van der Waals surface area contributed by atoms with Crippen LogP contribution in [-0.4, -0.2) is 51.9 Å². The lowest BCUT2D eigenvalue weighted by Crippen LogP contribution is -2.51. The lowest BCUT2D eigenvalue weighted by Gasteiger charge is -2.48. The zero-order valence-electron chi connectivity index (χ0n) is 13.1. The summed E-state index contributed by atoms with van der Waals surface area (Å²) in [5, 5.41) is 20.7. The van der Waals surface area contributed by atoms with Crippen molar-refractivity contribution in [1.82, 2.24) is 0 Å². The van der Waals surface area contributed by atoms with Crippen LogP contribution in [0.2, 0.25) is 0 Å². The van der Waals surface area contributed by atoms with Crippen LogP contribution in [0.5, 0.6) is 0 Å². The van der Waals surface area contributed by atoms with E-state index in [1.807, 2.05) is 28.5 Å². The van der Waals surface area contributed by atoms with Crippen molar-refractivity contribution in [2.75, 3.05) is 25.6 Å². The molecule has 0 spiro atoms. The van der Waals surface area contributed by atoms with E-state index in [1.54, 1.807) is 0 Å². The zero-order chi connectivity index (χ0) is 15.4. The summed E-state index contributed by atoms with van der Waals surface area (Å²) in [6.45, 7) is 5.05. The van der Waals surface area contributed by atoms with Gasteiger partial charge in [0.2, 0.25) is 0 Å². The van der Waals surface area contributed by atoms with Gasteiger partial charge in [-0.15, -0.1) is 0 Å². The lowest BCUT2D eigenvalue weighted by molar-refractivity contribution is -0.190. The van der Waals surface area contributed by atoms with E-state index >= 15 is 0 Å². The minimum Gasteiger partial charge on any atom is -0.391 e. The van der Waals surface area contributed by atoms with Gasteiger partial charge in [-0.25, -0.2) is 0 Å². The molecule has 6 heteroatoms. The number of rotatable bonds is 7. The van der Waals surface area contributed by atoms with Gasteiger partial charge in [0.15, 0.2) is 5.79 Å². The van der Waals surface area contributed by atoms with Crippen LogP contribution in [0.1, 0.15) is 52.4 Å². The van der Waals surface area contributed by atoms with Gasteiger partial charge in [-0.3, -0.25) is 0 Å². The molecular formula is C15H28O4S2. The fourth-order valence-electron chi connectivity index (χ4n) is 3.33. The largest absolute Gasteiger partial charge is 0.391 e. The van der Waals surface area contributed by atoms with Crippen molar-refractivity contribution in [2.24, 2.45) is 0 Å². The number of aliphatic hydroxyl groups excluding tert-OH is 1. The van der Waals surface area contributed by atoms with Crippen LogP contribution in [-0.2, 0) is 9.47 Å². The first-order valence-electron chi connectivity index (χ1n) is 7.91. The first-order valence-corrected chi connectivity index (χ1v) is 10.2. The molecule has 0 amide bonds. The summed E-state index contributed by atoms with van der Waals surface area (Å²) >= 11 is 0. The fraction of sp³-hybridized carbons (Fsp3) is 1.00. The van der Waals surface area contributed by atoms with Crippen molar-refractivity contribution in [2.45, 2.75) is 68.5 Å². The molecule has 124 valence electrons. The maximum Gasteiger partial charge on any atom is 0.191 e. The molecule has 2 heterocycles. The summed E-state index contributed by atoms with van der Waals surface area (Å²) in [5.41, 5.74) is -0.699. The first-order chi connectivity index (χ1) is 9.99. The number of aliphatic hydroxyl groups is 2. The highest BCUT2D eigenvalue weighted by Gasteiger charge is 2.50. The van der Waals surface area contributed by atoms with E-state index in [-0.39, 0.29) is 11.4 Å². The number of hydrogen-bond acceptors (Lipinski definition) is 6. The summed E-state index contributed by atoms with van der Waals surface area (Å²) in [5.74, 6) is 0.296. The first kappa shape index (κ1) is 17.9. The molecule has 2 saturated heterocycles. The molecule has 2 N–H and O–H groups in total. The third-order valence-corrected chi connectivity index (χ3v) is 8.26. The highest BCUT2D eigenvalue weighted by atomic mass is 33.1. The Hall–Kier alpha value is 0.540. The molecule has 0 bridgehead atoms. The van der Waals surface area contributed by atoms with Crippen LogP contribution in [0.4, 0.5) is 0 Å².